The molecule has 18 heavy (non-hydrogen) atoms. The summed E-state index contributed by atoms with van der Waals surface area (Å²) in [5.41, 5.74) is -1.01. The van der Waals surface area contributed by atoms with Crippen LogP contribution in [-0.2, 0) is 16.0 Å². The van der Waals surface area contributed by atoms with Crippen molar-refractivity contribution in [2.24, 2.45) is 0 Å². The second-order valence-electron chi connectivity index (χ2n) is 3.35. The molecule has 0 bridgehead atoms. The molecule has 0 N–H and O–H groups in total. The third kappa shape index (κ3) is 2.77. The molecule has 0 amide bonds. The number of hydrogen-bond donors (Lipinski definition) is 0. The highest BCUT2D eigenvalue weighted by atomic mass is 19.2. The molecule has 2 nitrogen and oxygen atoms in total. The highest BCUT2D eigenvalue weighted by Crippen LogP contribution is 2.24. The van der Waals surface area contributed by atoms with Crippen LogP contribution in [0.15, 0.2) is 0 Å². The molecule has 0 saturated carbocycles. The first kappa shape index (κ1) is 14.4. The molecular formula is C11H9F5O2. The van der Waals surface area contributed by atoms with Gasteiger partial charge in [0, 0.05) is 12.0 Å². The zero-order valence-corrected chi connectivity index (χ0v) is 9.33. The molecule has 0 unspecified atom stereocenters. The van der Waals surface area contributed by atoms with Crippen LogP contribution in [-0.4, -0.2) is 12.6 Å². The first-order valence-electron chi connectivity index (χ1n) is 5.06. The van der Waals surface area contributed by atoms with Gasteiger partial charge in [-0.25, -0.2) is 22.0 Å². The standard InChI is InChI=1S/C11H9F5O2/c1-2-18-6(17)4-3-5-7(12)9(14)11(16)10(15)8(5)13/h2-4H2,1H3. The van der Waals surface area contributed by atoms with Crippen LogP contribution in [0.1, 0.15) is 18.9 Å². The van der Waals surface area contributed by atoms with Gasteiger partial charge < -0.3 is 4.74 Å². The topological polar surface area (TPSA) is 26.3 Å². The van der Waals surface area contributed by atoms with Crippen LogP contribution in [0.5, 0.6) is 0 Å². The molecule has 0 atom stereocenters. The quantitative estimate of drug-likeness (QED) is 0.363. The lowest BCUT2D eigenvalue weighted by Gasteiger charge is -2.07. The highest BCUT2D eigenvalue weighted by Gasteiger charge is 2.25. The van der Waals surface area contributed by atoms with Gasteiger partial charge >= 0.3 is 5.97 Å². The number of rotatable bonds is 4. The molecule has 0 radical (unpaired) electrons. The Bertz CT molecular complexity index is 444. The van der Waals surface area contributed by atoms with Gasteiger partial charge in [-0.05, 0) is 13.3 Å². The summed E-state index contributed by atoms with van der Waals surface area (Å²) in [5.74, 6) is -10.9. The van der Waals surface area contributed by atoms with Crippen molar-refractivity contribution < 1.29 is 31.5 Å². The Morgan fingerprint density at radius 2 is 1.39 bits per heavy atom. The number of ether oxygens (including phenoxy) is 1. The third-order valence-electron chi connectivity index (χ3n) is 2.19. The van der Waals surface area contributed by atoms with E-state index in [0.717, 1.165) is 0 Å². The SMILES string of the molecule is CCOC(=O)CCc1c(F)c(F)c(F)c(F)c1F. The first-order valence-corrected chi connectivity index (χ1v) is 5.06. The molecule has 0 saturated heterocycles. The normalized spacial score (nSPS) is 10.6. The minimum Gasteiger partial charge on any atom is -0.466 e. The number of benzene rings is 1. The zero-order chi connectivity index (χ0) is 13.9. The third-order valence-corrected chi connectivity index (χ3v) is 2.19. The van der Waals surface area contributed by atoms with Gasteiger partial charge in [0.2, 0.25) is 5.82 Å². The summed E-state index contributed by atoms with van der Waals surface area (Å²) >= 11 is 0. The molecule has 0 spiro atoms. The highest BCUT2D eigenvalue weighted by molar-refractivity contribution is 5.69. The number of esters is 1. The summed E-state index contributed by atoms with van der Waals surface area (Å²) in [7, 11) is 0. The molecule has 1 aromatic carbocycles. The van der Waals surface area contributed by atoms with Crippen molar-refractivity contribution in [1.82, 2.24) is 0 Å². The Labute approximate surface area is 99.4 Å². The summed E-state index contributed by atoms with van der Waals surface area (Å²) in [6, 6.07) is 0. The van der Waals surface area contributed by atoms with Gasteiger partial charge in [-0.3, -0.25) is 4.79 Å². The van der Waals surface area contributed by atoms with Crippen LogP contribution < -0.4 is 0 Å². The van der Waals surface area contributed by atoms with Gasteiger partial charge in [0.05, 0.1) is 6.61 Å². The van der Waals surface area contributed by atoms with Crippen LogP contribution in [0.2, 0.25) is 0 Å². The van der Waals surface area contributed by atoms with Crippen LogP contribution in [0.4, 0.5) is 22.0 Å². The van der Waals surface area contributed by atoms with Gasteiger partial charge in [-0.1, -0.05) is 0 Å². The lowest BCUT2D eigenvalue weighted by atomic mass is 10.1. The molecule has 0 aliphatic carbocycles. The minimum absolute atomic E-state index is 0.0654. The Kier molecular flexibility index (Phi) is 4.63. The number of hydrogen-bond acceptors (Lipinski definition) is 2. The van der Waals surface area contributed by atoms with E-state index < -0.39 is 53.5 Å². The smallest absolute Gasteiger partial charge is 0.306 e. The van der Waals surface area contributed by atoms with Crippen LogP contribution >= 0.6 is 0 Å². The van der Waals surface area contributed by atoms with E-state index in [1.807, 2.05) is 0 Å². The predicted molar refractivity (Wildman–Crippen MR) is 51.2 cm³/mol. The molecule has 1 rings (SSSR count). The van der Waals surface area contributed by atoms with E-state index in [4.69, 9.17) is 0 Å². The number of carbonyl (C=O) groups excluding carboxylic acids is 1. The van der Waals surface area contributed by atoms with E-state index in [9.17, 15) is 26.7 Å². The predicted octanol–water partition coefficient (Wildman–Crippen LogP) is 2.88. The average Bonchev–Trinajstić information content (AvgIpc) is 2.34. The van der Waals surface area contributed by atoms with Crippen molar-refractivity contribution in [3.05, 3.63) is 34.6 Å². The molecule has 0 heterocycles. The maximum Gasteiger partial charge on any atom is 0.306 e. The fourth-order valence-electron chi connectivity index (χ4n) is 1.33. The first-order chi connectivity index (χ1) is 8.40. The van der Waals surface area contributed by atoms with Crippen LogP contribution in [0.25, 0.3) is 0 Å². The molecule has 0 aliphatic heterocycles. The summed E-state index contributed by atoms with van der Waals surface area (Å²) < 4.78 is 69.1. The second kappa shape index (κ2) is 5.79. The molecule has 7 heteroatoms. The Morgan fingerprint density at radius 3 is 1.83 bits per heavy atom. The van der Waals surface area contributed by atoms with Crippen molar-refractivity contribution in [2.45, 2.75) is 19.8 Å². The maximum absolute atomic E-state index is 13.2. The Morgan fingerprint density at radius 1 is 0.944 bits per heavy atom. The van der Waals surface area contributed by atoms with Gasteiger partial charge in [0.15, 0.2) is 23.3 Å². The monoisotopic (exact) mass is 268 g/mol. The van der Waals surface area contributed by atoms with Crippen molar-refractivity contribution in [2.75, 3.05) is 6.61 Å². The molecule has 0 aromatic heterocycles. The lowest BCUT2D eigenvalue weighted by molar-refractivity contribution is -0.143. The molecule has 0 aliphatic rings. The van der Waals surface area contributed by atoms with E-state index >= 15 is 0 Å². The molecular weight excluding hydrogens is 259 g/mol. The Hall–Kier alpha value is -1.66. The maximum atomic E-state index is 13.2. The molecule has 1 aromatic rings. The van der Waals surface area contributed by atoms with Crippen LogP contribution in [0, 0.1) is 29.1 Å². The summed E-state index contributed by atoms with van der Waals surface area (Å²) in [6.07, 6.45) is -1.09. The largest absolute Gasteiger partial charge is 0.466 e. The fraction of sp³-hybridized carbons (Fsp3) is 0.364. The average molecular weight is 268 g/mol. The minimum atomic E-state index is -2.22. The fourth-order valence-corrected chi connectivity index (χ4v) is 1.33. The number of halogens is 5. The van der Waals surface area contributed by atoms with E-state index in [1.165, 1.54) is 6.92 Å². The number of carbonyl (C=O) groups is 1. The lowest BCUT2D eigenvalue weighted by Crippen LogP contribution is -2.11. The van der Waals surface area contributed by atoms with Gasteiger partial charge in [0.25, 0.3) is 0 Å². The van der Waals surface area contributed by atoms with Gasteiger partial charge in [-0.2, -0.15) is 0 Å². The van der Waals surface area contributed by atoms with E-state index in [2.05, 4.69) is 4.74 Å². The zero-order valence-electron chi connectivity index (χ0n) is 9.33. The van der Waals surface area contributed by atoms with Crippen molar-refractivity contribution in [3.63, 3.8) is 0 Å². The van der Waals surface area contributed by atoms with E-state index in [0.29, 0.717) is 0 Å². The van der Waals surface area contributed by atoms with Crippen molar-refractivity contribution >= 4 is 5.97 Å². The van der Waals surface area contributed by atoms with E-state index in [-0.39, 0.29) is 6.61 Å². The van der Waals surface area contributed by atoms with Crippen molar-refractivity contribution in [3.8, 4) is 0 Å². The Balaban J connectivity index is 2.99. The summed E-state index contributed by atoms with van der Waals surface area (Å²) in [5, 5.41) is 0. The second-order valence-corrected chi connectivity index (χ2v) is 3.35. The van der Waals surface area contributed by atoms with E-state index in [1.54, 1.807) is 0 Å². The summed E-state index contributed by atoms with van der Waals surface area (Å²) in [4.78, 5) is 10.9. The summed E-state index contributed by atoms with van der Waals surface area (Å²) in [6.45, 7) is 1.59. The molecule has 100 valence electrons. The van der Waals surface area contributed by atoms with Gasteiger partial charge in [-0.15, -0.1) is 0 Å². The van der Waals surface area contributed by atoms with Crippen LogP contribution in [0.3, 0.4) is 0 Å². The van der Waals surface area contributed by atoms with Gasteiger partial charge in [0.1, 0.15) is 0 Å². The van der Waals surface area contributed by atoms with Crippen molar-refractivity contribution in [1.29, 1.82) is 0 Å². The molecule has 0 fully saturated rings.